The second-order valence-electron chi connectivity index (χ2n) is 3.83. The summed E-state index contributed by atoms with van der Waals surface area (Å²) in [7, 11) is 0. The number of aliphatic carboxylic acids is 1. The molecule has 15 heavy (non-hydrogen) atoms. The number of rotatable bonds is 5. The quantitative estimate of drug-likeness (QED) is 0.658. The number of hydrogen-bond donors (Lipinski definition) is 2. The summed E-state index contributed by atoms with van der Waals surface area (Å²) >= 11 is 0. The zero-order valence-corrected chi connectivity index (χ0v) is 8.77. The van der Waals surface area contributed by atoms with Gasteiger partial charge in [0.05, 0.1) is 0 Å². The van der Waals surface area contributed by atoms with E-state index in [0.29, 0.717) is 5.92 Å². The standard InChI is InChI=1S/C10H16N2O3/c1-3-4-12(6-9(13)14)10(15)11-8-5-7(8)2/h3,7-8H,1,4-6H2,2H3,(H,11,15)(H,13,14). The van der Waals surface area contributed by atoms with Gasteiger partial charge in [-0.3, -0.25) is 4.79 Å². The van der Waals surface area contributed by atoms with Crippen LogP contribution in [0.5, 0.6) is 0 Å². The molecule has 2 N–H and O–H groups in total. The van der Waals surface area contributed by atoms with Crippen molar-refractivity contribution in [3.8, 4) is 0 Å². The largest absolute Gasteiger partial charge is 0.480 e. The van der Waals surface area contributed by atoms with E-state index in [4.69, 9.17) is 5.11 Å². The van der Waals surface area contributed by atoms with Gasteiger partial charge < -0.3 is 15.3 Å². The molecule has 0 aromatic heterocycles. The number of carboxylic acid groups (broad SMARTS) is 1. The van der Waals surface area contributed by atoms with E-state index in [1.165, 1.54) is 11.0 Å². The maximum absolute atomic E-state index is 11.6. The minimum Gasteiger partial charge on any atom is -0.480 e. The van der Waals surface area contributed by atoms with Crippen LogP contribution in [0.2, 0.25) is 0 Å². The van der Waals surface area contributed by atoms with Crippen LogP contribution < -0.4 is 5.32 Å². The van der Waals surface area contributed by atoms with Crippen LogP contribution in [0.1, 0.15) is 13.3 Å². The van der Waals surface area contributed by atoms with Gasteiger partial charge in [-0.25, -0.2) is 4.79 Å². The average molecular weight is 212 g/mol. The predicted octanol–water partition coefficient (Wildman–Crippen LogP) is 0.677. The second-order valence-corrected chi connectivity index (χ2v) is 3.83. The third-order valence-electron chi connectivity index (χ3n) is 2.38. The SMILES string of the molecule is C=CCN(CC(=O)O)C(=O)NC1CC1C. The summed E-state index contributed by atoms with van der Waals surface area (Å²) in [6.45, 7) is 5.48. The van der Waals surface area contributed by atoms with E-state index in [2.05, 4.69) is 11.9 Å². The molecular weight excluding hydrogens is 196 g/mol. The zero-order valence-electron chi connectivity index (χ0n) is 8.77. The van der Waals surface area contributed by atoms with E-state index in [-0.39, 0.29) is 25.2 Å². The van der Waals surface area contributed by atoms with Gasteiger partial charge in [0, 0.05) is 12.6 Å². The first-order valence-corrected chi connectivity index (χ1v) is 4.92. The van der Waals surface area contributed by atoms with Gasteiger partial charge in [-0.05, 0) is 12.3 Å². The van der Waals surface area contributed by atoms with Crippen LogP contribution in [0, 0.1) is 5.92 Å². The zero-order chi connectivity index (χ0) is 11.4. The van der Waals surface area contributed by atoms with Crippen molar-refractivity contribution in [3.63, 3.8) is 0 Å². The first kappa shape index (κ1) is 11.6. The number of carbonyl (C=O) groups excluding carboxylic acids is 1. The van der Waals surface area contributed by atoms with Crippen molar-refractivity contribution in [2.75, 3.05) is 13.1 Å². The number of urea groups is 1. The van der Waals surface area contributed by atoms with E-state index in [1.54, 1.807) is 0 Å². The molecule has 1 saturated carbocycles. The third kappa shape index (κ3) is 3.61. The van der Waals surface area contributed by atoms with Gasteiger partial charge in [0.15, 0.2) is 0 Å². The first-order valence-electron chi connectivity index (χ1n) is 4.92. The molecule has 0 saturated heterocycles. The first-order chi connectivity index (χ1) is 7.04. The predicted molar refractivity (Wildman–Crippen MR) is 55.5 cm³/mol. The highest BCUT2D eigenvalue weighted by Gasteiger charge is 2.34. The Morgan fingerprint density at radius 1 is 1.67 bits per heavy atom. The maximum atomic E-state index is 11.6. The summed E-state index contributed by atoms with van der Waals surface area (Å²) in [5.41, 5.74) is 0. The summed E-state index contributed by atoms with van der Waals surface area (Å²) < 4.78 is 0. The summed E-state index contributed by atoms with van der Waals surface area (Å²) in [6, 6.07) is -0.120. The van der Waals surface area contributed by atoms with Crippen LogP contribution >= 0.6 is 0 Å². The fraction of sp³-hybridized carbons (Fsp3) is 0.600. The summed E-state index contributed by atoms with van der Waals surface area (Å²) in [6.07, 6.45) is 2.49. The summed E-state index contributed by atoms with van der Waals surface area (Å²) in [4.78, 5) is 23.3. The van der Waals surface area contributed by atoms with Crippen LogP contribution in [0.15, 0.2) is 12.7 Å². The van der Waals surface area contributed by atoms with Crippen molar-refractivity contribution in [1.29, 1.82) is 0 Å². The molecule has 0 aliphatic heterocycles. The van der Waals surface area contributed by atoms with E-state index >= 15 is 0 Å². The molecule has 1 rings (SSSR count). The highest BCUT2D eigenvalue weighted by atomic mass is 16.4. The summed E-state index contributed by atoms with van der Waals surface area (Å²) in [5.74, 6) is -0.514. The maximum Gasteiger partial charge on any atom is 0.323 e. The molecule has 2 unspecified atom stereocenters. The Hall–Kier alpha value is -1.52. The van der Waals surface area contributed by atoms with Crippen LogP contribution in [0.4, 0.5) is 4.79 Å². The van der Waals surface area contributed by atoms with Gasteiger partial charge in [-0.1, -0.05) is 13.0 Å². The number of amides is 2. The monoisotopic (exact) mass is 212 g/mol. The number of nitrogens with one attached hydrogen (secondary N) is 1. The lowest BCUT2D eigenvalue weighted by Gasteiger charge is -2.19. The fourth-order valence-corrected chi connectivity index (χ4v) is 1.31. The fourth-order valence-electron chi connectivity index (χ4n) is 1.31. The molecule has 5 nitrogen and oxygen atoms in total. The Kier molecular flexibility index (Phi) is 3.71. The molecule has 2 atom stereocenters. The second kappa shape index (κ2) is 4.82. The van der Waals surface area contributed by atoms with Crippen LogP contribution in [-0.2, 0) is 4.79 Å². The number of nitrogens with zero attached hydrogens (tertiary/aromatic N) is 1. The molecular formula is C10H16N2O3. The number of hydrogen-bond acceptors (Lipinski definition) is 2. The highest BCUT2D eigenvalue weighted by molar-refractivity contribution is 5.80. The third-order valence-corrected chi connectivity index (χ3v) is 2.38. The lowest BCUT2D eigenvalue weighted by Crippen LogP contribution is -2.43. The molecule has 0 aromatic carbocycles. The van der Waals surface area contributed by atoms with Crippen molar-refractivity contribution in [2.45, 2.75) is 19.4 Å². The molecule has 1 fully saturated rings. The Balaban J connectivity index is 2.42. The molecule has 0 heterocycles. The van der Waals surface area contributed by atoms with Crippen LogP contribution in [0.3, 0.4) is 0 Å². The Morgan fingerprint density at radius 3 is 2.67 bits per heavy atom. The summed E-state index contributed by atoms with van der Waals surface area (Å²) in [5, 5.41) is 11.4. The average Bonchev–Trinajstić information content (AvgIpc) is 2.80. The van der Waals surface area contributed by atoms with Crippen LogP contribution in [-0.4, -0.2) is 41.1 Å². The molecule has 84 valence electrons. The number of carboxylic acids is 1. The lowest BCUT2D eigenvalue weighted by atomic mass is 10.4. The van der Waals surface area contributed by atoms with Gasteiger partial charge >= 0.3 is 12.0 Å². The van der Waals surface area contributed by atoms with Crippen molar-refractivity contribution >= 4 is 12.0 Å². The lowest BCUT2D eigenvalue weighted by molar-refractivity contribution is -0.137. The molecule has 5 heteroatoms. The Morgan fingerprint density at radius 2 is 2.27 bits per heavy atom. The van der Waals surface area contributed by atoms with Gasteiger partial charge in [0.2, 0.25) is 0 Å². The molecule has 1 aliphatic rings. The van der Waals surface area contributed by atoms with Crippen LogP contribution in [0.25, 0.3) is 0 Å². The van der Waals surface area contributed by atoms with E-state index in [9.17, 15) is 9.59 Å². The smallest absolute Gasteiger partial charge is 0.323 e. The molecule has 0 aromatic rings. The van der Waals surface area contributed by atoms with Gasteiger partial charge in [0.25, 0.3) is 0 Å². The Labute approximate surface area is 88.8 Å². The minimum atomic E-state index is -1.02. The highest BCUT2D eigenvalue weighted by Crippen LogP contribution is 2.28. The minimum absolute atomic E-state index is 0.207. The molecule has 1 aliphatic carbocycles. The van der Waals surface area contributed by atoms with E-state index < -0.39 is 5.97 Å². The molecule has 0 spiro atoms. The molecule has 2 amide bonds. The van der Waals surface area contributed by atoms with Crippen molar-refractivity contribution in [3.05, 3.63) is 12.7 Å². The van der Waals surface area contributed by atoms with Crippen molar-refractivity contribution in [1.82, 2.24) is 10.2 Å². The van der Waals surface area contributed by atoms with E-state index in [1.807, 2.05) is 6.92 Å². The van der Waals surface area contributed by atoms with Gasteiger partial charge in [0.1, 0.15) is 6.54 Å². The van der Waals surface area contributed by atoms with Crippen molar-refractivity contribution in [2.24, 2.45) is 5.92 Å². The molecule has 0 radical (unpaired) electrons. The number of carbonyl (C=O) groups is 2. The Bertz CT molecular complexity index is 278. The van der Waals surface area contributed by atoms with Crippen molar-refractivity contribution < 1.29 is 14.7 Å². The van der Waals surface area contributed by atoms with Gasteiger partial charge in [-0.2, -0.15) is 0 Å². The van der Waals surface area contributed by atoms with Gasteiger partial charge in [-0.15, -0.1) is 6.58 Å². The normalized spacial score (nSPS) is 23.0. The van der Waals surface area contributed by atoms with E-state index in [0.717, 1.165) is 6.42 Å². The topological polar surface area (TPSA) is 69.6 Å². The molecule has 0 bridgehead atoms.